The van der Waals surface area contributed by atoms with Crippen LogP contribution in [0.5, 0.6) is 0 Å². The Hall–Kier alpha value is -0.920. The molecule has 0 radical (unpaired) electrons. The number of hydrogen-bond acceptors (Lipinski definition) is 4. The molecule has 2 heterocycles. The third kappa shape index (κ3) is 2.85. The molecule has 0 bridgehead atoms. The summed E-state index contributed by atoms with van der Waals surface area (Å²) in [5.41, 5.74) is 0. The summed E-state index contributed by atoms with van der Waals surface area (Å²) >= 11 is 0. The summed E-state index contributed by atoms with van der Waals surface area (Å²) in [7, 11) is -3.45. The summed E-state index contributed by atoms with van der Waals surface area (Å²) in [5, 5.41) is 7.40. The Bertz CT molecular complexity index is 462. The number of aryl methyl sites for hydroxylation is 1. The zero-order chi connectivity index (χ0) is 12.3. The second-order valence-corrected chi connectivity index (χ2v) is 5.81. The van der Waals surface area contributed by atoms with Gasteiger partial charge in [-0.15, -0.1) is 0 Å². The van der Waals surface area contributed by atoms with E-state index < -0.39 is 10.0 Å². The molecule has 1 aliphatic heterocycles. The summed E-state index contributed by atoms with van der Waals surface area (Å²) in [6, 6.07) is 1.51. The van der Waals surface area contributed by atoms with Crippen molar-refractivity contribution in [3.05, 3.63) is 12.3 Å². The van der Waals surface area contributed by atoms with Gasteiger partial charge in [0.05, 0.1) is 6.20 Å². The number of piperidine rings is 1. The van der Waals surface area contributed by atoms with Gasteiger partial charge in [-0.25, -0.2) is 13.1 Å². The molecule has 1 aliphatic rings. The highest BCUT2D eigenvalue weighted by Crippen LogP contribution is 2.11. The number of nitrogens with zero attached hydrogens (tertiary/aromatic N) is 2. The zero-order valence-corrected chi connectivity index (χ0v) is 10.7. The van der Waals surface area contributed by atoms with Gasteiger partial charge in [0, 0.05) is 19.1 Å². The Kier molecular flexibility index (Phi) is 3.80. The highest BCUT2D eigenvalue weighted by Gasteiger charge is 2.24. The SMILES string of the molecule is CCn1nccc1S(=O)(=O)NC1CCCNC1. The van der Waals surface area contributed by atoms with Crippen molar-refractivity contribution in [2.45, 2.75) is 37.4 Å². The molecule has 2 N–H and O–H groups in total. The first-order valence-corrected chi connectivity index (χ1v) is 7.36. The van der Waals surface area contributed by atoms with Gasteiger partial charge in [0.1, 0.15) is 0 Å². The Balaban J connectivity index is 2.13. The molecule has 0 amide bonds. The Morgan fingerprint density at radius 3 is 3.12 bits per heavy atom. The van der Waals surface area contributed by atoms with Crippen LogP contribution in [0.4, 0.5) is 0 Å². The van der Waals surface area contributed by atoms with Crippen LogP contribution < -0.4 is 10.0 Å². The van der Waals surface area contributed by atoms with Gasteiger partial charge >= 0.3 is 0 Å². The largest absolute Gasteiger partial charge is 0.315 e. The summed E-state index contributed by atoms with van der Waals surface area (Å²) in [6.45, 7) is 4.07. The lowest BCUT2D eigenvalue weighted by atomic mass is 10.1. The van der Waals surface area contributed by atoms with Gasteiger partial charge in [-0.05, 0) is 32.4 Å². The third-order valence-corrected chi connectivity index (χ3v) is 4.41. The van der Waals surface area contributed by atoms with Crippen LogP contribution in [0.25, 0.3) is 0 Å². The van der Waals surface area contributed by atoms with E-state index in [0.717, 1.165) is 19.4 Å². The van der Waals surface area contributed by atoms with Gasteiger partial charge in [-0.2, -0.15) is 5.10 Å². The predicted octanol–water partition coefficient (Wildman–Crippen LogP) is -0.0667. The van der Waals surface area contributed by atoms with Crippen molar-refractivity contribution in [1.82, 2.24) is 19.8 Å². The van der Waals surface area contributed by atoms with E-state index in [0.29, 0.717) is 13.1 Å². The van der Waals surface area contributed by atoms with Crippen molar-refractivity contribution >= 4 is 10.0 Å². The number of rotatable bonds is 4. The van der Waals surface area contributed by atoms with Crippen molar-refractivity contribution in [2.75, 3.05) is 13.1 Å². The molecule has 2 rings (SSSR count). The van der Waals surface area contributed by atoms with Gasteiger partial charge in [0.25, 0.3) is 10.0 Å². The van der Waals surface area contributed by atoms with Gasteiger partial charge in [-0.1, -0.05) is 0 Å². The first-order chi connectivity index (χ1) is 8.13. The number of sulfonamides is 1. The second kappa shape index (κ2) is 5.16. The van der Waals surface area contributed by atoms with Crippen LogP contribution >= 0.6 is 0 Å². The lowest BCUT2D eigenvalue weighted by Crippen LogP contribution is -2.45. The van der Waals surface area contributed by atoms with E-state index in [9.17, 15) is 8.42 Å². The maximum Gasteiger partial charge on any atom is 0.258 e. The van der Waals surface area contributed by atoms with Crippen LogP contribution in [-0.2, 0) is 16.6 Å². The molecule has 0 saturated carbocycles. The molecule has 96 valence electrons. The first kappa shape index (κ1) is 12.5. The average Bonchev–Trinajstić information content (AvgIpc) is 2.78. The van der Waals surface area contributed by atoms with Crippen molar-refractivity contribution in [1.29, 1.82) is 0 Å². The van der Waals surface area contributed by atoms with Crippen molar-refractivity contribution in [3.63, 3.8) is 0 Å². The molecule has 1 aromatic heterocycles. The van der Waals surface area contributed by atoms with Gasteiger partial charge in [0.15, 0.2) is 5.03 Å². The average molecular weight is 258 g/mol. The van der Waals surface area contributed by atoms with E-state index in [1.54, 1.807) is 0 Å². The van der Waals surface area contributed by atoms with Crippen LogP contribution in [0.3, 0.4) is 0 Å². The smallest absolute Gasteiger partial charge is 0.258 e. The second-order valence-electron chi connectivity index (χ2n) is 4.15. The summed E-state index contributed by atoms with van der Waals surface area (Å²) in [6.07, 6.45) is 3.39. The van der Waals surface area contributed by atoms with Crippen LogP contribution in [0, 0.1) is 0 Å². The topological polar surface area (TPSA) is 76.0 Å². The van der Waals surface area contributed by atoms with Crippen molar-refractivity contribution < 1.29 is 8.42 Å². The van der Waals surface area contributed by atoms with Crippen molar-refractivity contribution in [3.8, 4) is 0 Å². The molecule has 1 atom stereocenters. The van der Waals surface area contributed by atoms with E-state index in [2.05, 4.69) is 15.1 Å². The predicted molar refractivity (Wildman–Crippen MR) is 64.1 cm³/mol. The number of nitrogens with one attached hydrogen (secondary N) is 2. The Labute approximate surface area is 101 Å². The van der Waals surface area contributed by atoms with E-state index in [4.69, 9.17) is 0 Å². The molecule has 0 aliphatic carbocycles. The van der Waals surface area contributed by atoms with Crippen LogP contribution in [0.1, 0.15) is 19.8 Å². The molecule has 1 saturated heterocycles. The molecule has 1 fully saturated rings. The van der Waals surface area contributed by atoms with Gasteiger partial charge < -0.3 is 5.32 Å². The van der Waals surface area contributed by atoms with Crippen LogP contribution in [0.15, 0.2) is 17.3 Å². The van der Waals surface area contributed by atoms with Crippen molar-refractivity contribution in [2.24, 2.45) is 0 Å². The van der Waals surface area contributed by atoms with E-state index in [1.807, 2.05) is 6.92 Å². The molecular formula is C10H18N4O2S. The third-order valence-electron chi connectivity index (χ3n) is 2.87. The van der Waals surface area contributed by atoms with E-state index >= 15 is 0 Å². The molecule has 7 heteroatoms. The fourth-order valence-corrected chi connectivity index (χ4v) is 3.47. The monoisotopic (exact) mass is 258 g/mol. The number of hydrogen-bond donors (Lipinski definition) is 2. The molecular weight excluding hydrogens is 240 g/mol. The fourth-order valence-electron chi connectivity index (χ4n) is 2.02. The fraction of sp³-hybridized carbons (Fsp3) is 0.700. The van der Waals surface area contributed by atoms with E-state index in [-0.39, 0.29) is 11.1 Å². The molecule has 0 aromatic carbocycles. The first-order valence-electron chi connectivity index (χ1n) is 5.88. The maximum atomic E-state index is 12.1. The molecule has 0 spiro atoms. The summed E-state index contributed by atoms with van der Waals surface area (Å²) < 4.78 is 28.5. The zero-order valence-electron chi connectivity index (χ0n) is 9.89. The van der Waals surface area contributed by atoms with Gasteiger partial charge in [0.2, 0.25) is 0 Å². The normalized spacial score (nSPS) is 21.6. The molecule has 1 unspecified atom stereocenters. The molecule has 1 aromatic rings. The Morgan fingerprint density at radius 2 is 2.47 bits per heavy atom. The highest BCUT2D eigenvalue weighted by molar-refractivity contribution is 7.89. The highest BCUT2D eigenvalue weighted by atomic mass is 32.2. The lowest BCUT2D eigenvalue weighted by molar-refractivity contribution is 0.426. The number of aromatic nitrogens is 2. The van der Waals surface area contributed by atoms with Crippen LogP contribution in [0.2, 0.25) is 0 Å². The minimum Gasteiger partial charge on any atom is -0.315 e. The van der Waals surface area contributed by atoms with E-state index in [1.165, 1.54) is 16.9 Å². The molecule has 17 heavy (non-hydrogen) atoms. The quantitative estimate of drug-likeness (QED) is 0.793. The summed E-state index contributed by atoms with van der Waals surface area (Å²) in [4.78, 5) is 0. The minimum atomic E-state index is -3.45. The van der Waals surface area contributed by atoms with Crippen LogP contribution in [-0.4, -0.2) is 37.3 Å². The molecule has 6 nitrogen and oxygen atoms in total. The minimum absolute atomic E-state index is 0.0195. The summed E-state index contributed by atoms with van der Waals surface area (Å²) in [5.74, 6) is 0. The Morgan fingerprint density at radius 1 is 1.65 bits per heavy atom. The maximum absolute atomic E-state index is 12.1. The van der Waals surface area contributed by atoms with Gasteiger partial charge in [-0.3, -0.25) is 4.68 Å². The lowest BCUT2D eigenvalue weighted by Gasteiger charge is -2.23. The standard InChI is InChI=1S/C10H18N4O2S/c1-2-14-10(5-7-12-14)17(15,16)13-9-4-3-6-11-8-9/h5,7,9,11,13H,2-4,6,8H2,1H3.